The zero-order chi connectivity index (χ0) is 14.3. The van der Waals surface area contributed by atoms with Gasteiger partial charge in [-0.05, 0) is 18.4 Å². The molecular formula is C14H20N2O2S. The summed E-state index contributed by atoms with van der Waals surface area (Å²) in [6.07, 6.45) is 1.66. The van der Waals surface area contributed by atoms with Gasteiger partial charge in [0.1, 0.15) is 0 Å². The fourth-order valence-corrected chi connectivity index (χ4v) is 1.85. The predicted octanol–water partition coefficient (Wildman–Crippen LogP) is 2.11. The van der Waals surface area contributed by atoms with Crippen LogP contribution in [0.2, 0.25) is 0 Å². The minimum Gasteiger partial charge on any atom is -0.335 e. The maximum atomic E-state index is 11.7. The van der Waals surface area contributed by atoms with Gasteiger partial charge in [-0.25, -0.2) is 4.79 Å². The summed E-state index contributed by atoms with van der Waals surface area (Å²) >= 11 is 3.77. The number of benzene rings is 1. The van der Waals surface area contributed by atoms with Gasteiger partial charge in [0.05, 0.1) is 0 Å². The standard InChI is InChI=1S/C14H20N2O2S/c1-16(2)14(18)15-12(8-9-13(17)19)10-11-6-4-3-5-7-11/h3-7,12H,8-10H2,1-2H3,(H,15,18)(H,17,19)/t12-/m0/s1. The van der Waals surface area contributed by atoms with Crippen LogP contribution in [-0.2, 0) is 11.2 Å². The molecule has 1 N–H and O–H groups in total. The van der Waals surface area contributed by atoms with Gasteiger partial charge >= 0.3 is 6.03 Å². The number of hydrogen-bond acceptors (Lipinski definition) is 2. The number of amides is 2. The minimum atomic E-state index is -0.155. The fraction of sp³-hybridized carbons (Fsp3) is 0.429. The van der Waals surface area contributed by atoms with Gasteiger partial charge in [-0.1, -0.05) is 30.3 Å². The van der Waals surface area contributed by atoms with E-state index >= 15 is 0 Å². The molecule has 0 spiro atoms. The molecule has 19 heavy (non-hydrogen) atoms. The minimum absolute atomic E-state index is 0.0617. The van der Waals surface area contributed by atoms with Gasteiger partial charge in [-0.15, -0.1) is 12.6 Å². The molecule has 5 heteroatoms. The lowest BCUT2D eigenvalue weighted by molar-refractivity contribution is -0.111. The molecule has 0 aromatic heterocycles. The van der Waals surface area contributed by atoms with Crippen molar-refractivity contribution in [2.75, 3.05) is 14.1 Å². The first kappa shape index (κ1) is 15.6. The number of rotatable bonds is 6. The smallest absolute Gasteiger partial charge is 0.317 e. The summed E-state index contributed by atoms with van der Waals surface area (Å²) in [5, 5.41) is 2.77. The zero-order valence-electron chi connectivity index (χ0n) is 11.3. The Balaban J connectivity index is 2.63. The first-order valence-corrected chi connectivity index (χ1v) is 6.67. The van der Waals surface area contributed by atoms with Crippen molar-refractivity contribution in [2.45, 2.75) is 25.3 Å². The van der Waals surface area contributed by atoms with E-state index in [-0.39, 0.29) is 17.2 Å². The van der Waals surface area contributed by atoms with Gasteiger partial charge in [0.2, 0.25) is 0 Å². The van der Waals surface area contributed by atoms with Gasteiger partial charge in [-0.3, -0.25) is 4.79 Å². The van der Waals surface area contributed by atoms with E-state index in [9.17, 15) is 9.59 Å². The lowest BCUT2D eigenvalue weighted by atomic mass is 10.0. The Bertz CT molecular complexity index is 421. The molecule has 0 bridgehead atoms. The molecule has 1 rings (SSSR count). The molecule has 0 heterocycles. The molecule has 0 radical (unpaired) electrons. The van der Waals surface area contributed by atoms with Crippen molar-refractivity contribution < 1.29 is 9.59 Å². The van der Waals surface area contributed by atoms with Crippen LogP contribution in [0.5, 0.6) is 0 Å². The topological polar surface area (TPSA) is 49.4 Å². The maximum Gasteiger partial charge on any atom is 0.317 e. The van der Waals surface area contributed by atoms with Crippen LogP contribution in [0.1, 0.15) is 18.4 Å². The van der Waals surface area contributed by atoms with Crippen molar-refractivity contribution in [2.24, 2.45) is 0 Å². The monoisotopic (exact) mass is 280 g/mol. The summed E-state index contributed by atoms with van der Waals surface area (Å²) in [5.74, 6) is 0. The Morgan fingerprint density at radius 3 is 2.42 bits per heavy atom. The summed E-state index contributed by atoms with van der Waals surface area (Å²) in [7, 11) is 3.39. The zero-order valence-corrected chi connectivity index (χ0v) is 12.2. The van der Waals surface area contributed by atoms with Crippen molar-refractivity contribution >= 4 is 23.8 Å². The van der Waals surface area contributed by atoms with Crippen LogP contribution in [0.15, 0.2) is 30.3 Å². The van der Waals surface area contributed by atoms with Gasteiger partial charge in [-0.2, -0.15) is 0 Å². The molecule has 0 saturated heterocycles. The average molecular weight is 280 g/mol. The molecule has 1 atom stereocenters. The number of nitrogens with one attached hydrogen (secondary N) is 1. The second kappa shape index (κ2) is 7.84. The van der Waals surface area contributed by atoms with Gasteiger partial charge in [0.25, 0.3) is 0 Å². The Hall–Kier alpha value is -1.49. The lowest BCUT2D eigenvalue weighted by Crippen LogP contribution is -2.42. The second-order valence-electron chi connectivity index (χ2n) is 4.66. The molecular weight excluding hydrogens is 260 g/mol. The van der Waals surface area contributed by atoms with Crippen LogP contribution in [0.25, 0.3) is 0 Å². The number of nitrogens with zero attached hydrogens (tertiary/aromatic N) is 1. The lowest BCUT2D eigenvalue weighted by Gasteiger charge is -2.21. The van der Waals surface area contributed by atoms with Gasteiger partial charge in [0.15, 0.2) is 5.12 Å². The number of urea groups is 1. The summed E-state index contributed by atoms with van der Waals surface area (Å²) in [5.41, 5.74) is 1.14. The maximum absolute atomic E-state index is 11.7. The predicted molar refractivity (Wildman–Crippen MR) is 79.4 cm³/mol. The quantitative estimate of drug-likeness (QED) is 0.784. The molecule has 0 aliphatic heterocycles. The van der Waals surface area contributed by atoms with Gasteiger partial charge < -0.3 is 10.2 Å². The van der Waals surface area contributed by atoms with E-state index in [1.54, 1.807) is 14.1 Å². The Kier molecular flexibility index (Phi) is 6.42. The van der Waals surface area contributed by atoms with Crippen LogP contribution in [0, 0.1) is 0 Å². The van der Waals surface area contributed by atoms with Crippen LogP contribution < -0.4 is 5.32 Å². The molecule has 1 aromatic carbocycles. The van der Waals surface area contributed by atoms with E-state index in [4.69, 9.17) is 0 Å². The SMILES string of the molecule is CN(C)C(=O)N[C@@H](CCC(=O)S)Cc1ccccc1. The third-order valence-corrected chi connectivity index (χ3v) is 2.99. The van der Waals surface area contributed by atoms with Crippen LogP contribution >= 0.6 is 12.6 Å². The van der Waals surface area contributed by atoms with E-state index < -0.39 is 0 Å². The van der Waals surface area contributed by atoms with Crippen LogP contribution in [-0.4, -0.2) is 36.2 Å². The molecule has 0 fully saturated rings. The summed E-state index contributed by atoms with van der Waals surface area (Å²) < 4.78 is 0. The number of carbonyl (C=O) groups excluding carboxylic acids is 2. The van der Waals surface area contributed by atoms with Crippen molar-refractivity contribution in [3.63, 3.8) is 0 Å². The van der Waals surface area contributed by atoms with Crippen molar-refractivity contribution in [3.05, 3.63) is 35.9 Å². The van der Waals surface area contributed by atoms with E-state index in [0.717, 1.165) is 5.56 Å². The van der Waals surface area contributed by atoms with Crippen molar-refractivity contribution in [1.82, 2.24) is 10.2 Å². The van der Waals surface area contributed by atoms with E-state index in [1.807, 2.05) is 30.3 Å². The molecule has 4 nitrogen and oxygen atoms in total. The fourth-order valence-electron chi connectivity index (χ4n) is 1.73. The van der Waals surface area contributed by atoms with Gasteiger partial charge in [0, 0.05) is 26.6 Å². The molecule has 104 valence electrons. The molecule has 2 amide bonds. The highest BCUT2D eigenvalue weighted by atomic mass is 32.1. The van der Waals surface area contributed by atoms with Crippen molar-refractivity contribution in [1.29, 1.82) is 0 Å². The summed E-state index contributed by atoms with van der Waals surface area (Å²) in [6.45, 7) is 0. The third kappa shape index (κ3) is 6.29. The van der Waals surface area contributed by atoms with Crippen LogP contribution in [0.4, 0.5) is 4.79 Å². The highest BCUT2D eigenvalue weighted by molar-refractivity contribution is 7.96. The molecule has 0 aliphatic carbocycles. The largest absolute Gasteiger partial charge is 0.335 e. The highest BCUT2D eigenvalue weighted by Crippen LogP contribution is 2.09. The third-order valence-electron chi connectivity index (χ3n) is 2.77. The first-order chi connectivity index (χ1) is 8.99. The molecule has 0 saturated carbocycles. The molecule has 1 aromatic rings. The number of carbonyl (C=O) groups is 2. The first-order valence-electron chi connectivity index (χ1n) is 6.22. The normalized spacial score (nSPS) is 11.7. The Morgan fingerprint density at radius 2 is 1.89 bits per heavy atom. The second-order valence-corrected chi connectivity index (χ2v) is 5.16. The van der Waals surface area contributed by atoms with Crippen LogP contribution in [0.3, 0.4) is 0 Å². The Labute approximate surface area is 119 Å². The summed E-state index contributed by atoms with van der Waals surface area (Å²) in [4.78, 5) is 24.1. The van der Waals surface area contributed by atoms with E-state index in [0.29, 0.717) is 19.3 Å². The molecule has 0 aliphatic rings. The van der Waals surface area contributed by atoms with E-state index in [1.165, 1.54) is 4.90 Å². The molecule has 0 unspecified atom stereocenters. The number of thiol groups is 1. The Morgan fingerprint density at radius 1 is 1.26 bits per heavy atom. The average Bonchev–Trinajstić information content (AvgIpc) is 2.37. The van der Waals surface area contributed by atoms with E-state index in [2.05, 4.69) is 17.9 Å². The summed E-state index contributed by atoms with van der Waals surface area (Å²) in [6, 6.07) is 9.69. The highest BCUT2D eigenvalue weighted by Gasteiger charge is 2.15. The van der Waals surface area contributed by atoms with Crippen molar-refractivity contribution in [3.8, 4) is 0 Å². The number of hydrogen-bond donors (Lipinski definition) is 2.